The summed E-state index contributed by atoms with van der Waals surface area (Å²) in [6.07, 6.45) is 5.64. The van der Waals surface area contributed by atoms with Crippen molar-refractivity contribution in [3.63, 3.8) is 0 Å². The molecule has 7 nitrogen and oxygen atoms in total. The van der Waals surface area contributed by atoms with Gasteiger partial charge in [0.2, 0.25) is 0 Å². The maximum absolute atomic E-state index is 12.4. The topological polar surface area (TPSA) is 84.4 Å². The van der Waals surface area contributed by atoms with E-state index in [1.165, 1.54) is 0 Å². The normalized spacial score (nSPS) is 14.4. The van der Waals surface area contributed by atoms with Crippen LogP contribution >= 0.6 is 0 Å². The van der Waals surface area contributed by atoms with Crippen molar-refractivity contribution >= 4 is 5.91 Å². The van der Waals surface area contributed by atoms with Crippen LogP contribution < -0.4 is 0 Å². The van der Waals surface area contributed by atoms with E-state index in [0.717, 1.165) is 18.4 Å². The third-order valence-corrected chi connectivity index (χ3v) is 3.45. The monoisotopic (exact) mass is 290 g/mol. The number of aryl methyl sites for hydroxylation is 1. The summed E-state index contributed by atoms with van der Waals surface area (Å²) < 4.78 is 6.94. The Kier molecular flexibility index (Phi) is 3.74. The minimum atomic E-state index is -0.182. The van der Waals surface area contributed by atoms with Crippen LogP contribution in [0.5, 0.6) is 0 Å². The van der Waals surface area contributed by atoms with Crippen molar-refractivity contribution in [2.75, 3.05) is 13.2 Å². The van der Waals surface area contributed by atoms with Gasteiger partial charge in [-0.15, -0.1) is 0 Å². The van der Waals surface area contributed by atoms with E-state index in [9.17, 15) is 4.79 Å². The minimum Gasteiger partial charge on any atom is -0.395 e. The van der Waals surface area contributed by atoms with Crippen LogP contribution in [0, 0.1) is 6.92 Å². The van der Waals surface area contributed by atoms with E-state index in [0.29, 0.717) is 18.8 Å². The lowest BCUT2D eigenvalue weighted by Gasteiger charge is -2.19. The lowest BCUT2D eigenvalue weighted by Crippen LogP contribution is -2.35. The third-order valence-electron chi connectivity index (χ3n) is 3.45. The smallest absolute Gasteiger partial charge is 0.276 e. The van der Waals surface area contributed by atoms with Crippen molar-refractivity contribution in [2.24, 2.45) is 0 Å². The Hall–Kier alpha value is -2.15. The van der Waals surface area contributed by atoms with Gasteiger partial charge in [-0.3, -0.25) is 9.48 Å². The molecule has 0 aliphatic heterocycles. The van der Waals surface area contributed by atoms with Crippen LogP contribution in [0.1, 0.15) is 34.7 Å². The Labute approximate surface area is 122 Å². The fraction of sp³-hybridized carbons (Fsp3) is 0.500. The summed E-state index contributed by atoms with van der Waals surface area (Å²) in [6, 6.07) is 1.88. The molecule has 21 heavy (non-hydrogen) atoms. The van der Waals surface area contributed by atoms with Crippen molar-refractivity contribution in [3.8, 4) is 0 Å². The quantitative estimate of drug-likeness (QED) is 0.851. The molecule has 2 aromatic rings. The Morgan fingerprint density at radius 3 is 3.00 bits per heavy atom. The second-order valence-electron chi connectivity index (χ2n) is 5.35. The minimum absolute atomic E-state index is 0.0422. The number of rotatable bonds is 6. The third kappa shape index (κ3) is 3.13. The Bertz CT molecular complexity index is 630. The number of carbonyl (C=O) groups excluding carboxylic acids is 1. The molecule has 1 fully saturated rings. The molecule has 1 saturated carbocycles. The molecule has 2 aromatic heterocycles. The van der Waals surface area contributed by atoms with E-state index in [2.05, 4.69) is 10.3 Å². The van der Waals surface area contributed by atoms with Crippen LogP contribution in [0.25, 0.3) is 0 Å². The molecule has 0 aromatic carbocycles. The van der Waals surface area contributed by atoms with Gasteiger partial charge in [-0.05, 0) is 25.3 Å². The van der Waals surface area contributed by atoms with Gasteiger partial charge in [-0.1, -0.05) is 5.16 Å². The summed E-state index contributed by atoms with van der Waals surface area (Å²) in [5.41, 5.74) is 1.35. The van der Waals surface area contributed by atoms with E-state index >= 15 is 0 Å². The van der Waals surface area contributed by atoms with E-state index in [1.54, 1.807) is 21.8 Å². The fourth-order valence-corrected chi connectivity index (χ4v) is 2.29. The molecule has 3 rings (SSSR count). The zero-order chi connectivity index (χ0) is 14.8. The largest absolute Gasteiger partial charge is 0.395 e. The van der Waals surface area contributed by atoms with Crippen molar-refractivity contribution in [2.45, 2.75) is 32.4 Å². The molecule has 1 N–H and O–H groups in total. The molecule has 1 amide bonds. The fourth-order valence-electron chi connectivity index (χ4n) is 2.29. The van der Waals surface area contributed by atoms with Gasteiger partial charge in [0.15, 0.2) is 11.5 Å². The first kappa shape index (κ1) is 13.8. The van der Waals surface area contributed by atoms with Crippen molar-refractivity contribution in [1.29, 1.82) is 0 Å². The summed E-state index contributed by atoms with van der Waals surface area (Å²) in [6.45, 7) is 2.70. The van der Waals surface area contributed by atoms with Gasteiger partial charge >= 0.3 is 0 Å². The second-order valence-corrected chi connectivity index (χ2v) is 5.35. The molecule has 112 valence electrons. The number of amides is 1. The van der Waals surface area contributed by atoms with Crippen molar-refractivity contribution < 1.29 is 14.4 Å². The molecule has 7 heteroatoms. The SMILES string of the molecule is Cc1cnn(Cc2cc(C(=O)N(CCO)C3CC3)no2)c1. The molecule has 0 unspecified atom stereocenters. The van der Waals surface area contributed by atoms with E-state index in [1.807, 2.05) is 13.1 Å². The number of nitrogens with zero attached hydrogens (tertiary/aromatic N) is 4. The van der Waals surface area contributed by atoms with Gasteiger partial charge < -0.3 is 14.5 Å². The molecular weight excluding hydrogens is 272 g/mol. The Morgan fingerprint density at radius 2 is 2.38 bits per heavy atom. The van der Waals surface area contributed by atoms with E-state index < -0.39 is 0 Å². The van der Waals surface area contributed by atoms with Gasteiger partial charge in [0.1, 0.15) is 6.54 Å². The van der Waals surface area contributed by atoms with Crippen LogP contribution in [0.2, 0.25) is 0 Å². The first-order valence-corrected chi connectivity index (χ1v) is 7.04. The highest BCUT2D eigenvalue weighted by molar-refractivity contribution is 5.92. The van der Waals surface area contributed by atoms with Gasteiger partial charge in [0.05, 0.1) is 12.8 Å². The summed E-state index contributed by atoms with van der Waals surface area (Å²) >= 11 is 0. The van der Waals surface area contributed by atoms with Gasteiger partial charge in [-0.2, -0.15) is 5.10 Å². The zero-order valence-corrected chi connectivity index (χ0v) is 11.9. The second kappa shape index (κ2) is 5.69. The summed E-state index contributed by atoms with van der Waals surface area (Å²) in [5, 5.41) is 17.1. The van der Waals surface area contributed by atoms with E-state index in [-0.39, 0.29) is 24.2 Å². The summed E-state index contributed by atoms with van der Waals surface area (Å²) in [5.74, 6) is 0.402. The average Bonchev–Trinajstić information content (AvgIpc) is 3.06. The molecule has 0 bridgehead atoms. The zero-order valence-electron chi connectivity index (χ0n) is 11.9. The Balaban J connectivity index is 1.70. The van der Waals surface area contributed by atoms with Crippen LogP contribution in [0.15, 0.2) is 23.0 Å². The van der Waals surface area contributed by atoms with E-state index in [4.69, 9.17) is 9.63 Å². The number of hydrogen-bond donors (Lipinski definition) is 1. The van der Waals surface area contributed by atoms with Crippen molar-refractivity contribution in [1.82, 2.24) is 19.8 Å². The number of carbonyl (C=O) groups is 1. The van der Waals surface area contributed by atoms with Gasteiger partial charge in [-0.25, -0.2) is 0 Å². The average molecular weight is 290 g/mol. The number of aliphatic hydroxyl groups is 1. The molecule has 1 aliphatic rings. The lowest BCUT2D eigenvalue weighted by atomic mass is 10.3. The molecule has 1 aliphatic carbocycles. The number of aromatic nitrogens is 3. The first-order valence-electron chi connectivity index (χ1n) is 7.04. The maximum atomic E-state index is 12.4. The van der Waals surface area contributed by atoms with Crippen LogP contribution in [0.3, 0.4) is 0 Å². The van der Waals surface area contributed by atoms with Crippen LogP contribution in [-0.4, -0.2) is 50.0 Å². The Morgan fingerprint density at radius 1 is 1.57 bits per heavy atom. The predicted octanol–water partition coefficient (Wildman–Crippen LogP) is 0.825. The molecule has 0 radical (unpaired) electrons. The molecule has 2 heterocycles. The maximum Gasteiger partial charge on any atom is 0.276 e. The lowest BCUT2D eigenvalue weighted by molar-refractivity contribution is 0.0697. The summed E-state index contributed by atoms with van der Waals surface area (Å²) in [7, 11) is 0. The number of hydrogen-bond acceptors (Lipinski definition) is 5. The van der Waals surface area contributed by atoms with Crippen LogP contribution in [0.4, 0.5) is 0 Å². The summed E-state index contributed by atoms with van der Waals surface area (Å²) in [4.78, 5) is 14.0. The van der Waals surface area contributed by atoms with Crippen molar-refractivity contribution in [3.05, 3.63) is 35.5 Å². The predicted molar refractivity (Wildman–Crippen MR) is 73.7 cm³/mol. The molecule has 0 spiro atoms. The highest BCUT2D eigenvalue weighted by Gasteiger charge is 2.33. The van der Waals surface area contributed by atoms with Gasteiger partial charge in [0, 0.05) is 24.8 Å². The molecule has 0 saturated heterocycles. The first-order chi connectivity index (χ1) is 10.2. The molecule has 0 atom stereocenters. The highest BCUT2D eigenvalue weighted by atomic mass is 16.5. The van der Waals surface area contributed by atoms with Gasteiger partial charge in [0.25, 0.3) is 5.91 Å². The number of aliphatic hydroxyl groups excluding tert-OH is 1. The highest BCUT2D eigenvalue weighted by Crippen LogP contribution is 2.27. The standard InChI is InChI=1S/C14H18N4O3/c1-10-7-15-17(8-10)9-12-6-13(16-21-12)14(20)18(4-5-19)11-2-3-11/h6-8,11,19H,2-5,9H2,1H3. The molecular formula is C14H18N4O3. The van der Waals surface area contributed by atoms with Crippen LogP contribution in [-0.2, 0) is 6.54 Å².